The van der Waals surface area contributed by atoms with Gasteiger partial charge in [-0.3, -0.25) is 0 Å². The quantitative estimate of drug-likeness (QED) is 0.133. The molecule has 0 aliphatic rings. The minimum Gasteiger partial charge on any atom is -0.402 e. The molecule has 1 N–H and O–H groups in total. The molecule has 0 heterocycles. The molecule has 0 bridgehead atoms. The molecule has 0 rings (SSSR count). The third-order valence-electron chi connectivity index (χ3n) is 5.52. The van der Waals surface area contributed by atoms with E-state index >= 15 is 0 Å². The normalized spacial score (nSPS) is 11.2. The summed E-state index contributed by atoms with van der Waals surface area (Å²) in [6.45, 7) is 5.75. The second-order valence-electron chi connectivity index (χ2n) is 8.41. The van der Waals surface area contributed by atoms with Crippen molar-refractivity contribution < 1.29 is 14.3 Å². The highest BCUT2D eigenvalue weighted by Crippen LogP contribution is 2.11. The molecule has 0 saturated carbocycles. The lowest BCUT2D eigenvalue weighted by atomic mass is 10.1. The molecule has 4 heteroatoms. The van der Waals surface area contributed by atoms with Gasteiger partial charge >= 0.3 is 7.32 Å². The first-order valence-corrected chi connectivity index (χ1v) is 12.7. The molecule has 0 aliphatic heterocycles. The van der Waals surface area contributed by atoms with E-state index in [2.05, 4.69) is 13.8 Å². The van der Waals surface area contributed by atoms with E-state index < -0.39 is 7.32 Å². The van der Waals surface area contributed by atoms with Crippen molar-refractivity contribution in [3.05, 3.63) is 0 Å². The van der Waals surface area contributed by atoms with Gasteiger partial charge in [-0.05, 0) is 12.8 Å². The zero-order valence-corrected chi connectivity index (χ0v) is 19.4. The number of hydrogen-bond acceptors (Lipinski definition) is 3. The first-order valence-electron chi connectivity index (χ1n) is 12.7. The Labute approximate surface area is 177 Å². The fraction of sp³-hybridized carbons (Fsp3) is 1.00. The molecule has 0 aromatic heterocycles. The fourth-order valence-electron chi connectivity index (χ4n) is 3.60. The van der Waals surface area contributed by atoms with E-state index in [0.29, 0.717) is 13.2 Å². The van der Waals surface area contributed by atoms with Gasteiger partial charge in [-0.25, -0.2) is 0 Å². The zero-order valence-electron chi connectivity index (χ0n) is 19.4. The molecular weight excluding hydrogens is 347 g/mol. The lowest BCUT2D eigenvalue weighted by Gasteiger charge is -2.09. The number of rotatable bonds is 24. The van der Waals surface area contributed by atoms with Crippen LogP contribution < -0.4 is 0 Å². The van der Waals surface area contributed by atoms with E-state index in [4.69, 9.17) is 9.31 Å². The monoisotopic (exact) mass is 398 g/mol. The van der Waals surface area contributed by atoms with E-state index in [1.807, 2.05) is 0 Å². The van der Waals surface area contributed by atoms with Crippen LogP contribution in [0.3, 0.4) is 0 Å². The van der Waals surface area contributed by atoms with Crippen molar-refractivity contribution in [3.8, 4) is 0 Å². The summed E-state index contributed by atoms with van der Waals surface area (Å²) < 4.78 is 10.7. The van der Waals surface area contributed by atoms with Crippen LogP contribution in [0.15, 0.2) is 0 Å². The molecule has 168 valence electrons. The Kier molecular flexibility index (Phi) is 24.9. The Hall–Kier alpha value is -0.0551. The molecule has 0 aromatic rings. The molecule has 0 radical (unpaired) electrons. The van der Waals surface area contributed by atoms with Gasteiger partial charge in [-0.2, -0.15) is 0 Å². The summed E-state index contributed by atoms with van der Waals surface area (Å²) in [5, 5.41) is 9.69. The summed E-state index contributed by atoms with van der Waals surface area (Å²) in [5.41, 5.74) is 0. The lowest BCUT2D eigenvalue weighted by Crippen LogP contribution is -2.23. The molecule has 0 unspecified atom stereocenters. The van der Waals surface area contributed by atoms with Gasteiger partial charge in [0.25, 0.3) is 0 Å². The molecule has 0 aliphatic carbocycles. The van der Waals surface area contributed by atoms with Crippen LogP contribution in [-0.4, -0.2) is 25.6 Å². The predicted octanol–water partition coefficient (Wildman–Crippen LogP) is 7.84. The van der Waals surface area contributed by atoms with Crippen LogP contribution in [0, 0.1) is 0 Å². The molecule has 0 fully saturated rings. The Balaban J connectivity index is 3.12. The highest BCUT2D eigenvalue weighted by molar-refractivity contribution is 6.34. The van der Waals surface area contributed by atoms with E-state index in [1.165, 1.54) is 116 Å². The SMILES string of the molecule is CCCCCCCCCCCCOB(O)OCCCCCCCCCCCC. The van der Waals surface area contributed by atoms with Crippen LogP contribution in [0.1, 0.15) is 142 Å². The van der Waals surface area contributed by atoms with Gasteiger partial charge < -0.3 is 14.3 Å². The summed E-state index contributed by atoms with van der Waals surface area (Å²) in [4.78, 5) is 0. The molecule has 28 heavy (non-hydrogen) atoms. The number of hydrogen-bond donors (Lipinski definition) is 1. The van der Waals surface area contributed by atoms with Crippen LogP contribution in [0.25, 0.3) is 0 Å². The minimum atomic E-state index is -1.03. The van der Waals surface area contributed by atoms with Crippen molar-refractivity contribution in [3.63, 3.8) is 0 Å². The summed E-state index contributed by atoms with van der Waals surface area (Å²) in [7, 11) is -1.03. The fourth-order valence-corrected chi connectivity index (χ4v) is 3.60. The van der Waals surface area contributed by atoms with Crippen molar-refractivity contribution in [2.24, 2.45) is 0 Å². The average Bonchev–Trinajstić information content (AvgIpc) is 2.70. The maximum Gasteiger partial charge on any atom is 0.636 e. The van der Waals surface area contributed by atoms with Gasteiger partial charge in [0.1, 0.15) is 0 Å². The molecule has 3 nitrogen and oxygen atoms in total. The van der Waals surface area contributed by atoms with Crippen LogP contribution in [-0.2, 0) is 9.31 Å². The van der Waals surface area contributed by atoms with Gasteiger partial charge in [0.15, 0.2) is 0 Å². The summed E-state index contributed by atoms with van der Waals surface area (Å²) >= 11 is 0. The van der Waals surface area contributed by atoms with E-state index in [1.54, 1.807) is 0 Å². The largest absolute Gasteiger partial charge is 0.636 e. The average molecular weight is 398 g/mol. The molecule has 0 spiro atoms. The second kappa shape index (κ2) is 25.0. The van der Waals surface area contributed by atoms with Crippen molar-refractivity contribution >= 4 is 7.32 Å². The van der Waals surface area contributed by atoms with E-state index in [0.717, 1.165) is 12.8 Å². The van der Waals surface area contributed by atoms with Gasteiger partial charge in [0.05, 0.1) is 0 Å². The van der Waals surface area contributed by atoms with Crippen molar-refractivity contribution in [1.82, 2.24) is 0 Å². The van der Waals surface area contributed by atoms with Gasteiger partial charge in [-0.1, -0.05) is 129 Å². The molecule has 0 amide bonds. The first-order chi connectivity index (χ1) is 13.8. The van der Waals surface area contributed by atoms with E-state index in [9.17, 15) is 5.02 Å². The maximum atomic E-state index is 9.69. The van der Waals surface area contributed by atoms with E-state index in [-0.39, 0.29) is 0 Å². The maximum absolute atomic E-state index is 9.69. The predicted molar refractivity (Wildman–Crippen MR) is 124 cm³/mol. The van der Waals surface area contributed by atoms with Crippen LogP contribution >= 0.6 is 0 Å². The standard InChI is InChI=1S/C24H51BO3/c1-3-5-7-9-11-13-15-17-19-21-23-27-25(26)28-24-22-20-18-16-14-12-10-8-6-4-2/h26H,3-24H2,1-2H3. The highest BCUT2D eigenvalue weighted by atomic mass is 16.7. The summed E-state index contributed by atoms with van der Waals surface area (Å²) in [6, 6.07) is 0. The lowest BCUT2D eigenvalue weighted by molar-refractivity contribution is 0.128. The summed E-state index contributed by atoms with van der Waals surface area (Å²) in [5.74, 6) is 0. The Morgan fingerprint density at radius 1 is 0.429 bits per heavy atom. The van der Waals surface area contributed by atoms with Crippen LogP contribution in [0.2, 0.25) is 0 Å². The van der Waals surface area contributed by atoms with Gasteiger partial charge in [0, 0.05) is 13.2 Å². The van der Waals surface area contributed by atoms with Crippen molar-refractivity contribution in [1.29, 1.82) is 0 Å². The minimum absolute atomic E-state index is 0.607. The third kappa shape index (κ3) is 24.0. The van der Waals surface area contributed by atoms with Crippen molar-refractivity contribution in [2.45, 2.75) is 142 Å². The molecule has 0 aromatic carbocycles. The van der Waals surface area contributed by atoms with Gasteiger partial charge in [-0.15, -0.1) is 0 Å². The highest BCUT2D eigenvalue weighted by Gasteiger charge is 2.14. The zero-order chi connectivity index (χ0) is 20.5. The Morgan fingerprint density at radius 3 is 0.964 bits per heavy atom. The van der Waals surface area contributed by atoms with Crippen LogP contribution in [0.4, 0.5) is 0 Å². The van der Waals surface area contributed by atoms with Gasteiger partial charge in [0.2, 0.25) is 0 Å². The Bertz CT molecular complexity index is 251. The number of unbranched alkanes of at least 4 members (excludes halogenated alkanes) is 18. The molecular formula is C24H51BO3. The summed E-state index contributed by atoms with van der Waals surface area (Å²) in [6.07, 6.45) is 26.2. The molecule has 0 atom stereocenters. The van der Waals surface area contributed by atoms with Crippen LogP contribution in [0.5, 0.6) is 0 Å². The Morgan fingerprint density at radius 2 is 0.679 bits per heavy atom. The first kappa shape index (κ1) is 27.9. The smallest absolute Gasteiger partial charge is 0.402 e. The van der Waals surface area contributed by atoms with Crippen molar-refractivity contribution in [2.75, 3.05) is 13.2 Å². The third-order valence-corrected chi connectivity index (χ3v) is 5.52. The molecule has 0 saturated heterocycles. The second-order valence-corrected chi connectivity index (χ2v) is 8.41. The topological polar surface area (TPSA) is 38.7 Å².